The van der Waals surface area contributed by atoms with E-state index in [4.69, 9.17) is 4.42 Å². The zero-order valence-corrected chi connectivity index (χ0v) is 17.9. The number of fused-ring (bicyclic) bond motifs is 2. The van der Waals surface area contributed by atoms with E-state index in [1.807, 2.05) is 0 Å². The van der Waals surface area contributed by atoms with Gasteiger partial charge in [-0.1, -0.05) is 35.6 Å². The molecule has 2 aliphatic rings. The third kappa shape index (κ3) is 3.54. The average Bonchev–Trinajstić information content (AvgIpc) is 3.61. The number of nitrogens with one attached hydrogen (secondary N) is 2. The highest BCUT2D eigenvalue weighted by Gasteiger charge is 2.26. The van der Waals surface area contributed by atoms with Gasteiger partial charge in [-0.25, -0.2) is 4.98 Å². The second-order valence-corrected chi connectivity index (χ2v) is 8.95. The summed E-state index contributed by atoms with van der Waals surface area (Å²) in [7, 11) is 0. The number of rotatable bonds is 5. The third-order valence-corrected chi connectivity index (χ3v) is 6.85. The van der Waals surface area contributed by atoms with Crippen molar-refractivity contribution in [3.8, 4) is 10.8 Å². The summed E-state index contributed by atoms with van der Waals surface area (Å²) >= 11 is 1.47. The summed E-state index contributed by atoms with van der Waals surface area (Å²) < 4.78 is 5.76. The number of hydrogen-bond acceptors (Lipinski definition) is 9. The molecule has 162 valence electrons. The molecule has 0 bridgehead atoms. The van der Waals surface area contributed by atoms with E-state index in [0.717, 1.165) is 34.2 Å². The van der Waals surface area contributed by atoms with Crippen molar-refractivity contribution in [3.63, 3.8) is 0 Å². The van der Waals surface area contributed by atoms with Gasteiger partial charge in [0.1, 0.15) is 17.0 Å². The summed E-state index contributed by atoms with van der Waals surface area (Å²) in [5, 5.41) is 23.3. The summed E-state index contributed by atoms with van der Waals surface area (Å²) in [6.07, 6.45) is 4.59. The number of thiazole rings is 1. The molecule has 0 saturated carbocycles. The fraction of sp³-hybridized carbons (Fsp3) is 0.333. The van der Waals surface area contributed by atoms with Crippen LogP contribution in [0.2, 0.25) is 0 Å². The lowest BCUT2D eigenvalue weighted by molar-refractivity contribution is -0.131. The van der Waals surface area contributed by atoms with E-state index < -0.39 is 0 Å². The molecule has 0 fully saturated rings. The van der Waals surface area contributed by atoms with E-state index in [0.29, 0.717) is 31.3 Å². The monoisotopic (exact) mass is 448 g/mol. The lowest BCUT2D eigenvalue weighted by Gasteiger charge is -2.24. The molecule has 1 amide bonds. The van der Waals surface area contributed by atoms with Crippen LogP contribution in [0.3, 0.4) is 0 Å². The van der Waals surface area contributed by atoms with Gasteiger partial charge in [0.25, 0.3) is 5.89 Å². The van der Waals surface area contributed by atoms with Crippen molar-refractivity contribution in [2.24, 2.45) is 0 Å². The Morgan fingerprint density at radius 3 is 3.09 bits per heavy atom. The van der Waals surface area contributed by atoms with Crippen molar-refractivity contribution in [3.05, 3.63) is 58.9 Å². The van der Waals surface area contributed by atoms with Crippen molar-refractivity contribution in [2.45, 2.75) is 38.3 Å². The van der Waals surface area contributed by atoms with Crippen molar-refractivity contribution in [1.29, 1.82) is 0 Å². The topological polar surface area (TPSA) is 126 Å². The van der Waals surface area contributed by atoms with Crippen LogP contribution in [-0.4, -0.2) is 47.9 Å². The number of benzene rings is 1. The maximum absolute atomic E-state index is 12.7. The van der Waals surface area contributed by atoms with Gasteiger partial charge in [0.15, 0.2) is 5.13 Å². The Morgan fingerprint density at radius 2 is 2.12 bits per heavy atom. The van der Waals surface area contributed by atoms with Crippen LogP contribution in [0.5, 0.6) is 0 Å². The van der Waals surface area contributed by atoms with E-state index in [-0.39, 0.29) is 18.4 Å². The summed E-state index contributed by atoms with van der Waals surface area (Å²) in [6.45, 7) is 1.05. The molecule has 1 atom stereocenters. The highest BCUT2D eigenvalue weighted by atomic mass is 32.1. The Morgan fingerprint density at radius 1 is 1.22 bits per heavy atom. The van der Waals surface area contributed by atoms with Crippen molar-refractivity contribution >= 4 is 22.4 Å². The lowest BCUT2D eigenvalue weighted by Crippen LogP contribution is -2.37. The molecule has 4 heterocycles. The number of aryl methyl sites for hydroxylation is 1. The number of carbonyl (C=O) groups is 1. The van der Waals surface area contributed by atoms with Gasteiger partial charge >= 0.3 is 0 Å². The minimum absolute atomic E-state index is 0.0585. The van der Waals surface area contributed by atoms with E-state index in [9.17, 15) is 4.79 Å². The van der Waals surface area contributed by atoms with E-state index in [1.54, 1.807) is 11.1 Å². The first-order chi connectivity index (χ1) is 15.7. The van der Waals surface area contributed by atoms with Crippen molar-refractivity contribution in [2.75, 3.05) is 11.9 Å². The van der Waals surface area contributed by atoms with Crippen LogP contribution in [0.1, 0.15) is 40.9 Å². The molecule has 0 saturated heterocycles. The molecule has 0 radical (unpaired) electrons. The Kier molecular flexibility index (Phi) is 4.67. The molecule has 10 nitrogen and oxygen atoms in total. The number of hydrogen-bond donors (Lipinski definition) is 2. The summed E-state index contributed by atoms with van der Waals surface area (Å²) in [4.78, 5) is 19.7. The number of nitrogens with zero attached hydrogens (tertiary/aromatic N) is 6. The number of H-pyrrole nitrogens is 1. The summed E-state index contributed by atoms with van der Waals surface area (Å²) in [6, 6.07) is 8.76. The van der Waals surface area contributed by atoms with Gasteiger partial charge in [0.05, 0.1) is 24.5 Å². The SMILES string of the molecule is O=C(Cc1nnc(-c2cnc(NC3CCc4ccccc43)s2)o1)N1CCc2n[nH]nc2C1. The first kappa shape index (κ1) is 19.1. The van der Waals surface area contributed by atoms with Gasteiger partial charge in [-0.15, -0.1) is 10.2 Å². The predicted molar refractivity (Wildman–Crippen MR) is 116 cm³/mol. The van der Waals surface area contributed by atoms with Crippen molar-refractivity contribution < 1.29 is 9.21 Å². The standard InChI is InChI=1S/C21H20N8O2S/c30-19(29-8-7-15-16(11-29)25-28-24-15)9-18-26-27-20(31-18)17-10-22-21(32-17)23-14-6-5-12-3-1-2-4-13(12)14/h1-4,10,14H,5-9,11H2,(H,22,23)(H,24,25,28). The molecule has 2 N–H and O–H groups in total. The van der Waals surface area contributed by atoms with Crippen LogP contribution in [0.25, 0.3) is 10.8 Å². The summed E-state index contributed by atoms with van der Waals surface area (Å²) in [5.41, 5.74) is 4.45. The van der Waals surface area contributed by atoms with E-state index in [2.05, 4.69) is 60.2 Å². The van der Waals surface area contributed by atoms with Crippen LogP contribution in [-0.2, 0) is 30.6 Å². The highest BCUT2D eigenvalue weighted by molar-refractivity contribution is 7.18. The van der Waals surface area contributed by atoms with Crippen LogP contribution in [0.4, 0.5) is 5.13 Å². The molecule has 32 heavy (non-hydrogen) atoms. The first-order valence-corrected chi connectivity index (χ1v) is 11.3. The van der Waals surface area contributed by atoms with E-state index in [1.165, 1.54) is 22.5 Å². The number of anilines is 1. The quantitative estimate of drug-likeness (QED) is 0.477. The minimum atomic E-state index is -0.0691. The molecule has 6 rings (SSSR count). The van der Waals surface area contributed by atoms with Gasteiger partial charge in [-0.3, -0.25) is 4.79 Å². The molecule has 11 heteroatoms. The molecule has 3 aromatic heterocycles. The number of aromatic amines is 1. The number of amides is 1. The van der Waals surface area contributed by atoms with Crippen LogP contribution < -0.4 is 5.32 Å². The number of carbonyl (C=O) groups excluding carboxylic acids is 1. The molecule has 1 aliphatic heterocycles. The molecule has 4 aromatic rings. The fourth-order valence-corrected chi connectivity index (χ4v) is 5.07. The largest absolute Gasteiger partial charge is 0.419 e. The fourth-order valence-electron chi connectivity index (χ4n) is 4.28. The normalized spacial score (nSPS) is 17.2. The molecule has 1 unspecified atom stereocenters. The zero-order chi connectivity index (χ0) is 21.5. The molecular formula is C21H20N8O2S. The van der Waals surface area contributed by atoms with Gasteiger partial charge in [0, 0.05) is 13.0 Å². The smallest absolute Gasteiger partial charge is 0.259 e. The second kappa shape index (κ2) is 7.83. The summed E-state index contributed by atoms with van der Waals surface area (Å²) in [5.74, 6) is 0.603. The number of aromatic nitrogens is 6. The highest BCUT2D eigenvalue weighted by Crippen LogP contribution is 2.36. The van der Waals surface area contributed by atoms with Crippen LogP contribution >= 0.6 is 11.3 Å². The molecular weight excluding hydrogens is 428 g/mol. The van der Waals surface area contributed by atoms with Crippen molar-refractivity contribution in [1.82, 2.24) is 35.5 Å². The third-order valence-electron chi connectivity index (χ3n) is 5.93. The first-order valence-electron chi connectivity index (χ1n) is 10.5. The van der Waals surface area contributed by atoms with Gasteiger partial charge in [-0.2, -0.15) is 15.4 Å². The Balaban J connectivity index is 1.11. The molecule has 1 aromatic carbocycles. The molecule has 0 spiro atoms. The predicted octanol–water partition coefficient (Wildman–Crippen LogP) is 2.54. The maximum atomic E-state index is 12.7. The van der Waals surface area contributed by atoms with E-state index >= 15 is 0 Å². The zero-order valence-electron chi connectivity index (χ0n) is 17.1. The van der Waals surface area contributed by atoms with Gasteiger partial charge in [0.2, 0.25) is 11.8 Å². The maximum Gasteiger partial charge on any atom is 0.259 e. The van der Waals surface area contributed by atoms with Crippen LogP contribution in [0, 0.1) is 0 Å². The minimum Gasteiger partial charge on any atom is -0.419 e. The Bertz CT molecular complexity index is 1280. The average molecular weight is 449 g/mol. The Hall–Kier alpha value is -3.60. The van der Waals surface area contributed by atoms with Crippen LogP contribution in [0.15, 0.2) is 34.9 Å². The molecule has 1 aliphatic carbocycles. The van der Waals surface area contributed by atoms with Gasteiger partial charge in [-0.05, 0) is 24.0 Å². The Labute approximate surface area is 187 Å². The van der Waals surface area contributed by atoms with Gasteiger partial charge < -0.3 is 14.6 Å². The lowest BCUT2D eigenvalue weighted by atomic mass is 10.1. The second-order valence-electron chi connectivity index (χ2n) is 7.92.